The molecule has 12 heteroatoms. The fraction of sp³-hybridized carbons (Fsp3) is 0.526. The van der Waals surface area contributed by atoms with Gasteiger partial charge in [-0.1, -0.05) is 275 Å². The Hall–Kier alpha value is -1.83. The first kappa shape index (κ1) is 72.0. The summed E-state index contributed by atoms with van der Waals surface area (Å²) in [5.74, 6) is 0. The number of hydrogen-bond acceptors (Lipinski definition) is 4. The molecule has 4 aliphatic rings. The van der Waals surface area contributed by atoms with E-state index in [2.05, 4.69) is 268 Å². The molecule has 2 aliphatic heterocycles. The minimum Gasteiger partial charge on any atom is -0.399 e. The zero-order chi connectivity index (χ0) is 63.3. The summed E-state index contributed by atoms with van der Waals surface area (Å²) >= 11 is 21.9. The van der Waals surface area contributed by atoms with Gasteiger partial charge < -0.3 is 18.6 Å². The summed E-state index contributed by atoms with van der Waals surface area (Å²) in [6.07, 6.45) is 25.9. The van der Waals surface area contributed by atoms with Gasteiger partial charge in [-0.15, -0.1) is 0 Å². The predicted molar refractivity (Wildman–Crippen MR) is 401 cm³/mol. The lowest BCUT2D eigenvalue weighted by molar-refractivity contribution is 0.00578. The van der Waals surface area contributed by atoms with Crippen LogP contribution in [0, 0.1) is 13.8 Å². The maximum absolute atomic E-state index is 6.15. The molecule has 88 heavy (non-hydrogen) atoms. The van der Waals surface area contributed by atoms with E-state index in [1.54, 1.807) is 22.3 Å². The summed E-state index contributed by atoms with van der Waals surface area (Å²) in [5.41, 5.74) is 18.4. The van der Waals surface area contributed by atoms with Crippen LogP contribution in [0.3, 0.4) is 0 Å². The standard InChI is InChI=1S/C33H40Br2.C25H30Br4.C18H28B2O4/c1-25-12-11-13-27(22-25)28-15-17-30-29-16-14-26(2)23-31(29)33(32(30)24-28,18-7-3-5-9-20-34)19-8-4-6-10-21-35;26-15-7-3-1-5-13-25(14-6-2-4-8-16-27)23-17-19(28)9-11-21(23)22-12-10-20(29)18-24(22)25;1-15(2)16(3,4)22-19(21-15)13-10-9-11-14(12-13)20-23-17(5,6)18(7,8)24-20/h11-17,22-24H,3-10,18-21H2,1-2H3;9-12,17-18H,1-8,13-16H2;9-12H,1-8H3. The Labute approximate surface area is 583 Å². The van der Waals surface area contributed by atoms with Crippen LogP contribution >= 0.6 is 95.6 Å². The molecule has 0 N–H and O–H groups in total. The van der Waals surface area contributed by atoms with Gasteiger partial charge in [-0.25, -0.2) is 0 Å². The van der Waals surface area contributed by atoms with Gasteiger partial charge in [0.2, 0.25) is 0 Å². The van der Waals surface area contributed by atoms with Crippen molar-refractivity contribution < 1.29 is 18.6 Å². The molecule has 0 aromatic heterocycles. The number of rotatable bonds is 27. The van der Waals surface area contributed by atoms with Gasteiger partial charge in [-0.2, -0.15) is 0 Å². The monoisotopic (exact) mass is 1570 g/mol. The molecule has 0 amide bonds. The largest absolute Gasteiger partial charge is 0.494 e. The minimum absolute atomic E-state index is 0.138. The van der Waals surface area contributed by atoms with Gasteiger partial charge in [0.15, 0.2) is 0 Å². The summed E-state index contributed by atoms with van der Waals surface area (Å²) in [7, 11) is -0.755. The molecule has 2 heterocycles. The Morgan fingerprint density at radius 1 is 0.318 bits per heavy atom. The second-order valence-electron chi connectivity index (χ2n) is 27.5. The maximum Gasteiger partial charge on any atom is 0.494 e. The zero-order valence-electron chi connectivity index (χ0n) is 54.6. The molecule has 2 saturated heterocycles. The lowest BCUT2D eigenvalue weighted by Crippen LogP contribution is -2.41. The van der Waals surface area contributed by atoms with Crippen LogP contribution in [-0.4, -0.2) is 58.0 Å². The Morgan fingerprint density at radius 2 is 0.636 bits per heavy atom. The molecule has 474 valence electrons. The minimum atomic E-state index is -0.377. The van der Waals surface area contributed by atoms with Crippen LogP contribution < -0.4 is 10.9 Å². The molecule has 6 aromatic rings. The molecule has 4 nitrogen and oxygen atoms in total. The zero-order valence-corrected chi connectivity index (χ0v) is 64.1. The number of unbranched alkanes of at least 4 members (excludes halogenated alkanes) is 12. The number of aryl methyl sites for hydroxylation is 2. The molecule has 0 radical (unpaired) electrons. The van der Waals surface area contributed by atoms with Gasteiger partial charge in [0.1, 0.15) is 0 Å². The summed E-state index contributed by atoms with van der Waals surface area (Å²) in [6.45, 7) is 20.9. The van der Waals surface area contributed by atoms with Gasteiger partial charge >= 0.3 is 14.2 Å². The molecule has 0 saturated carbocycles. The van der Waals surface area contributed by atoms with Crippen LogP contribution in [0.5, 0.6) is 0 Å². The number of fused-ring (bicyclic) bond motifs is 6. The highest BCUT2D eigenvalue weighted by Gasteiger charge is 2.54. The van der Waals surface area contributed by atoms with Crippen molar-refractivity contribution in [3.63, 3.8) is 0 Å². The van der Waals surface area contributed by atoms with Crippen molar-refractivity contribution in [3.05, 3.63) is 164 Å². The fourth-order valence-corrected chi connectivity index (χ4v) is 16.0. The van der Waals surface area contributed by atoms with Crippen molar-refractivity contribution in [1.29, 1.82) is 0 Å². The summed E-state index contributed by atoms with van der Waals surface area (Å²) in [6, 6.07) is 45.5. The Balaban J connectivity index is 0.000000174. The normalized spacial score (nSPS) is 17.4. The van der Waals surface area contributed by atoms with E-state index in [1.165, 1.54) is 182 Å². The van der Waals surface area contributed by atoms with Crippen LogP contribution in [0.2, 0.25) is 0 Å². The van der Waals surface area contributed by atoms with Crippen molar-refractivity contribution in [3.8, 4) is 33.4 Å². The molecule has 0 bridgehead atoms. The Kier molecular flexibility index (Phi) is 26.6. The molecule has 0 atom stereocenters. The second kappa shape index (κ2) is 32.5. The van der Waals surface area contributed by atoms with Crippen molar-refractivity contribution in [2.75, 3.05) is 21.3 Å². The molecule has 2 fully saturated rings. The summed E-state index contributed by atoms with van der Waals surface area (Å²) < 4.78 is 27.0. The molecule has 0 unspecified atom stereocenters. The first-order valence-corrected chi connectivity index (χ1v) is 39.1. The van der Waals surface area contributed by atoms with Gasteiger partial charge in [-0.05, 0) is 217 Å². The van der Waals surface area contributed by atoms with Crippen molar-refractivity contribution >= 4 is 121 Å². The first-order valence-electron chi connectivity index (χ1n) is 33.0. The molecule has 10 rings (SSSR count). The van der Waals surface area contributed by atoms with Gasteiger partial charge in [0, 0.05) is 41.1 Å². The molecular weight excluding hydrogens is 1480 g/mol. The third kappa shape index (κ3) is 17.2. The number of halogens is 6. The average Bonchev–Trinajstić information content (AvgIpc) is 1.80. The second-order valence-corrected chi connectivity index (χ2v) is 32.5. The molecule has 0 spiro atoms. The van der Waals surface area contributed by atoms with Crippen molar-refractivity contribution in [2.45, 2.75) is 231 Å². The van der Waals surface area contributed by atoms with Crippen LogP contribution in [0.25, 0.3) is 33.4 Å². The number of benzene rings is 6. The van der Waals surface area contributed by atoms with E-state index in [0.717, 1.165) is 32.2 Å². The van der Waals surface area contributed by atoms with Crippen LogP contribution in [0.1, 0.15) is 217 Å². The van der Waals surface area contributed by atoms with E-state index < -0.39 is 0 Å². The third-order valence-electron chi connectivity index (χ3n) is 20.1. The highest BCUT2D eigenvalue weighted by Crippen LogP contribution is 2.57. The average molecular weight is 1580 g/mol. The Morgan fingerprint density at radius 3 is 1.02 bits per heavy atom. The lowest BCUT2D eigenvalue weighted by Gasteiger charge is -2.33. The smallest absolute Gasteiger partial charge is 0.399 e. The third-order valence-corrected chi connectivity index (χ3v) is 23.3. The van der Waals surface area contributed by atoms with E-state index in [0.29, 0.717) is 0 Å². The highest BCUT2D eigenvalue weighted by molar-refractivity contribution is 9.11. The highest BCUT2D eigenvalue weighted by atomic mass is 79.9. The Bertz CT molecular complexity index is 3070. The maximum atomic E-state index is 6.15. The van der Waals surface area contributed by atoms with Gasteiger partial charge in [0.25, 0.3) is 0 Å². The quantitative estimate of drug-likeness (QED) is 0.0293. The van der Waals surface area contributed by atoms with Gasteiger partial charge in [-0.3, -0.25) is 0 Å². The SMILES string of the molecule is BrCCCCCCC1(CCCCCCBr)c2cc(Br)ccc2-c2ccc(Br)cc21.CC1(C)OB(c2cccc(B3OC(C)(C)C(C)(C)O3)c2)OC1(C)C.Cc1cccc(-c2ccc3c(c2)C(CCCCCCBr)(CCCCCCBr)c2cc(C)ccc2-3)c1. The van der Waals surface area contributed by atoms with Crippen LogP contribution in [0.15, 0.2) is 130 Å². The van der Waals surface area contributed by atoms with Crippen LogP contribution in [-0.2, 0) is 29.4 Å². The van der Waals surface area contributed by atoms with E-state index in [9.17, 15) is 0 Å². The lowest BCUT2D eigenvalue weighted by atomic mass is 9.70. The van der Waals surface area contributed by atoms with Crippen molar-refractivity contribution in [1.82, 2.24) is 0 Å². The number of hydrogen-bond donors (Lipinski definition) is 0. The topological polar surface area (TPSA) is 36.9 Å². The molecule has 6 aromatic carbocycles. The molecular formula is C76H98B2Br6O4. The van der Waals surface area contributed by atoms with Crippen molar-refractivity contribution in [2.24, 2.45) is 0 Å². The molecule has 2 aliphatic carbocycles. The summed E-state index contributed by atoms with van der Waals surface area (Å²) in [5, 5.41) is 4.49. The predicted octanol–water partition coefficient (Wildman–Crippen LogP) is 23.4. The van der Waals surface area contributed by atoms with Gasteiger partial charge in [0.05, 0.1) is 22.4 Å². The van der Waals surface area contributed by atoms with Crippen LogP contribution in [0.4, 0.5) is 0 Å². The van der Waals surface area contributed by atoms with E-state index >= 15 is 0 Å². The summed E-state index contributed by atoms with van der Waals surface area (Å²) in [4.78, 5) is 0. The number of alkyl halides is 4. The van der Waals surface area contributed by atoms with E-state index in [1.807, 2.05) is 18.2 Å². The van der Waals surface area contributed by atoms with E-state index in [4.69, 9.17) is 18.6 Å². The van der Waals surface area contributed by atoms with E-state index in [-0.39, 0.29) is 47.5 Å². The first-order chi connectivity index (χ1) is 42.1. The fourth-order valence-electron chi connectivity index (χ4n) is 13.7.